The van der Waals surface area contributed by atoms with Gasteiger partial charge in [0.25, 0.3) is 0 Å². The molecule has 2 aromatic carbocycles. The minimum Gasteiger partial charge on any atom is -1.00 e. The molecule has 0 atom stereocenters. The smallest absolute Gasteiger partial charge is 0.111 e. The van der Waals surface area contributed by atoms with Crippen molar-refractivity contribution < 1.29 is 56.9 Å². The second-order valence-electron chi connectivity index (χ2n) is 6.41. The van der Waals surface area contributed by atoms with E-state index in [-0.39, 0.29) is 41.9 Å². The van der Waals surface area contributed by atoms with Crippen molar-refractivity contribution in [2.75, 3.05) is 0 Å². The Morgan fingerprint density at radius 2 is 1.13 bits per heavy atom. The van der Waals surface area contributed by atoms with Gasteiger partial charge in [-0.1, -0.05) is 37.1 Å². The Balaban J connectivity index is 0.000000452. The van der Waals surface area contributed by atoms with Gasteiger partial charge in [0.1, 0.15) is 11.6 Å². The van der Waals surface area contributed by atoms with E-state index in [0.29, 0.717) is 0 Å². The first-order chi connectivity index (χ1) is 13.5. The summed E-state index contributed by atoms with van der Waals surface area (Å²) in [5.41, 5.74) is 4.01. The average Bonchev–Trinajstić information content (AvgIpc) is 3.36. The van der Waals surface area contributed by atoms with Crippen LogP contribution >= 0.6 is 0 Å². The molecule has 156 valence electrons. The molecule has 0 fully saturated rings. The van der Waals surface area contributed by atoms with Gasteiger partial charge in [-0.15, -0.1) is 35.4 Å². The van der Waals surface area contributed by atoms with Crippen molar-refractivity contribution >= 4 is 16.6 Å². The van der Waals surface area contributed by atoms with Crippen LogP contribution in [0.3, 0.4) is 0 Å². The molecule has 0 aliphatic heterocycles. The van der Waals surface area contributed by atoms with Crippen molar-refractivity contribution in [1.29, 1.82) is 0 Å². The van der Waals surface area contributed by atoms with Crippen molar-refractivity contribution in [2.45, 2.75) is 25.9 Å². The van der Waals surface area contributed by atoms with E-state index in [4.69, 9.17) is 0 Å². The minimum atomic E-state index is -0.192. The molecule has 0 saturated carbocycles. The normalized spacial score (nSPS) is 12.9. The van der Waals surface area contributed by atoms with E-state index in [1.54, 1.807) is 35.5 Å². The zero-order valence-corrected chi connectivity index (χ0v) is 21.8. The van der Waals surface area contributed by atoms with Crippen LogP contribution in [0.4, 0.5) is 8.78 Å². The molecule has 0 radical (unpaired) electrons. The fourth-order valence-corrected chi connectivity index (χ4v) is 2.52. The summed E-state index contributed by atoms with van der Waals surface area (Å²) >= 11 is 1.74. The summed E-state index contributed by atoms with van der Waals surface area (Å²) < 4.78 is 25.5. The third-order valence-electron chi connectivity index (χ3n) is 3.66. The average molecular weight is 539 g/mol. The Bertz CT molecular complexity index is 874. The Kier molecular flexibility index (Phi) is 15.1. The molecule has 0 bridgehead atoms. The van der Waals surface area contributed by atoms with E-state index in [0.717, 1.165) is 35.1 Å². The molecule has 4 rings (SSSR count). The summed E-state index contributed by atoms with van der Waals surface area (Å²) in [6.45, 7) is 4.62. The van der Waals surface area contributed by atoms with Crippen molar-refractivity contribution in [2.24, 2.45) is 0 Å². The van der Waals surface area contributed by atoms with Gasteiger partial charge in [0, 0.05) is 0 Å². The maximum Gasteiger partial charge on any atom is 0.111 e. The molecular formula is C24H22Cl2F2SiZr-2. The predicted molar refractivity (Wildman–Crippen MR) is 111 cm³/mol. The van der Waals surface area contributed by atoms with Crippen LogP contribution in [-0.2, 0) is 23.3 Å². The van der Waals surface area contributed by atoms with E-state index < -0.39 is 0 Å². The number of halogens is 4. The van der Waals surface area contributed by atoms with Gasteiger partial charge in [-0.2, -0.15) is 35.5 Å². The van der Waals surface area contributed by atoms with E-state index in [9.17, 15) is 8.78 Å². The van der Waals surface area contributed by atoms with Crippen LogP contribution in [0.25, 0.3) is 11.1 Å². The van der Waals surface area contributed by atoms with Gasteiger partial charge in [-0.3, -0.25) is 0 Å². The largest absolute Gasteiger partial charge is 1.00 e. The first-order valence-corrected chi connectivity index (χ1v) is 15.2. The molecule has 0 aromatic heterocycles. The third-order valence-corrected chi connectivity index (χ3v) is 3.66. The van der Waals surface area contributed by atoms with E-state index in [2.05, 4.69) is 25.2 Å². The fourth-order valence-electron chi connectivity index (χ4n) is 2.52. The standard InChI is InChI=1S/2C11H8F.C2H6Si.2ClH.Zr/c2*12-11-7-3-6-10(8-11)9-4-1-2-5-9;1-3-2;;;/h2*1,3-4,6-8H,2H2;1-2H3;2*1H;/q2*-1;;;;+2/p-2. The van der Waals surface area contributed by atoms with Gasteiger partial charge < -0.3 is 24.8 Å². The van der Waals surface area contributed by atoms with Crippen LogP contribution in [0.5, 0.6) is 0 Å². The van der Waals surface area contributed by atoms with Gasteiger partial charge >= 0.3 is 41.9 Å². The zero-order chi connectivity index (χ0) is 20.4. The van der Waals surface area contributed by atoms with Crippen LogP contribution < -0.4 is 24.8 Å². The number of benzene rings is 2. The molecule has 2 aliphatic rings. The summed E-state index contributed by atoms with van der Waals surface area (Å²) in [4.78, 5) is 0. The Morgan fingerprint density at radius 3 is 1.40 bits per heavy atom. The summed E-state index contributed by atoms with van der Waals surface area (Å²) in [5, 5.41) is 0. The van der Waals surface area contributed by atoms with Gasteiger partial charge in [0.15, 0.2) is 0 Å². The summed E-state index contributed by atoms with van der Waals surface area (Å²) in [5.74, 6) is -0.385. The van der Waals surface area contributed by atoms with Gasteiger partial charge in [0.05, 0.1) is 0 Å². The van der Waals surface area contributed by atoms with Crippen molar-refractivity contribution in [3.05, 3.63) is 108 Å². The van der Waals surface area contributed by atoms with Gasteiger partial charge in [-0.05, 0) is 12.1 Å². The predicted octanol–water partition coefficient (Wildman–Crippen LogP) is 0.737. The number of hydrogen-bond acceptors (Lipinski definition) is 0. The van der Waals surface area contributed by atoms with Crippen LogP contribution in [-0.4, -0.2) is 5.43 Å². The van der Waals surface area contributed by atoms with E-state index in [1.807, 2.05) is 36.4 Å². The first-order valence-electron chi connectivity index (χ1n) is 9.04. The molecule has 0 unspecified atom stereocenters. The molecule has 0 heterocycles. The molecule has 0 N–H and O–H groups in total. The summed E-state index contributed by atoms with van der Waals surface area (Å²) in [6.07, 6.45) is 15.9. The third kappa shape index (κ3) is 10.8. The van der Waals surface area contributed by atoms with E-state index in [1.165, 1.54) is 24.3 Å². The fraction of sp³-hybridized carbons (Fsp3) is 0.167. The molecule has 2 aromatic rings. The second kappa shape index (κ2) is 15.7. The van der Waals surface area contributed by atoms with Crippen molar-refractivity contribution in [1.82, 2.24) is 0 Å². The molecule has 0 saturated heterocycles. The van der Waals surface area contributed by atoms with Crippen molar-refractivity contribution in [3.8, 4) is 0 Å². The van der Waals surface area contributed by atoms with Crippen LogP contribution in [0.1, 0.15) is 24.0 Å². The number of rotatable bonds is 2. The van der Waals surface area contributed by atoms with Crippen LogP contribution in [0, 0.1) is 23.8 Å². The minimum absolute atomic E-state index is 0. The topological polar surface area (TPSA) is 0 Å². The zero-order valence-electron chi connectivity index (χ0n) is 16.9. The summed E-state index contributed by atoms with van der Waals surface area (Å²) in [6, 6.07) is 13.2. The second-order valence-corrected chi connectivity index (χ2v) is 15.8. The van der Waals surface area contributed by atoms with E-state index >= 15 is 0 Å². The quantitative estimate of drug-likeness (QED) is 0.391. The number of hydrogen-bond donors (Lipinski definition) is 0. The van der Waals surface area contributed by atoms with Gasteiger partial charge in [0.2, 0.25) is 0 Å². The van der Waals surface area contributed by atoms with Gasteiger partial charge in [-0.25, -0.2) is 8.78 Å². The van der Waals surface area contributed by atoms with Crippen LogP contribution in [0.15, 0.2) is 72.8 Å². The van der Waals surface area contributed by atoms with Crippen molar-refractivity contribution in [3.63, 3.8) is 0 Å². The monoisotopic (exact) mass is 536 g/mol. The Hall–Kier alpha value is -1.06. The molecule has 0 spiro atoms. The first kappa shape index (κ1) is 28.9. The molecule has 0 amide bonds. The molecule has 2 aliphatic carbocycles. The molecular weight excluding hydrogens is 516 g/mol. The number of allylic oxidation sites excluding steroid dienone is 8. The van der Waals surface area contributed by atoms with Crippen LogP contribution in [0.2, 0.25) is 13.1 Å². The Morgan fingerprint density at radius 1 is 0.767 bits per heavy atom. The maximum atomic E-state index is 12.8. The molecule has 0 nitrogen and oxygen atoms in total. The molecule has 6 heteroatoms. The maximum absolute atomic E-state index is 12.8. The Labute approximate surface area is 206 Å². The summed E-state index contributed by atoms with van der Waals surface area (Å²) in [7, 11) is 0. The SMILES string of the molecule is C[Si](C)=[Zr+2].Fc1cccc(C2=[C-]CC=C2)c1.Fc1cccc(C2=[C-]CC=C2)c1.[Cl-].[Cl-]. The molecule has 30 heavy (non-hydrogen) atoms.